The first-order chi connectivity index (χ1) is 3.34. The van der Waals surface area contributed by atoms with E-state index in [2.05, 4.69) is 29.5 Å². The monoisotopic (exact) mass is 450 g/mol. The average Bonchev–Trinajstić information content (AvgIpc) is 2.44. The molecule has 0 bridgehead atoms. The van der Waals surface area contributed by atoms with Crippen LogP contribution in [0, 0.1) is 26.1 Å². The van der Waals surface area contributed by atoms with Crippen LogP contribution in [0.5, 0.6) is 0 Å². The van der Waals surface area contributed by atoms with Crippen molar-refractivity contribution in [3.05, 3.63) is 5.92 Å². The fourth-order valence-electron chi connectivity index (χ4n) is 0.685. The van der Waals surface area contributed by atoms with Gasteiger partial charge >= 0.3 is 0 Å². The Morgan fingerprint density at radius 2 is 2.12 bits per heavy atom. The predicted octanol–water partition coefficient (Wildman–Crippen LogP) is 2.43. The van der Waals surface area contributed by atoms with Gasteiger partial charge in [0, 0.05) is 14.3 Å². The smallest absolute Gasteiger partial charge is 0 e. The van der Waals surface area contributed by atoms with Gasteiger partial charge in [-0.2, -0.15) is 12.8 Å². The summed E-state index contributed by atoms with van der Waals surface area (Å²) in [4.78, 5) is 0. The van der Waals surface area contributed by atoms with E-state index < -0.39 is 0 Å². The summed E-state index contributed by atoms with van der Waals surface area (Å²) in [5, 5.41) is 0. The van der Waals surface area contributed by atoms with Crippen LogP contribution in [0.15, 0.2) is 0 Å². The van der Waals surface area contributed by atoms with Gasteiger partial charge in [-0.3, -0.25) is 0 Å². The molecule has 0 saturated heterocycles. The van der Waals surface area contributed by atoms with Crippen LogP contribution in [0.1, 0.15) is 19.8 Å². The fraction of sp³-hybridized carbons (Fsp3) is 0.833. The molecule has 2 heteroatoms. The standard InChI is InChI=1S/C6H10I.Am/c1-5(4-7)6-2-3-6;/h6H,2-4H2,1H3;/q-1;. The molecule has 0 aliphatic heterocycles. The number of hydrogen-bond donors (Lipinski definition) is 0. The van der Waals surface area contributed by atoms with E-state index in [9.17, 15) is 0 Å². The summed E-state index contributed by atoms with van der Waals surface area (Å²) in [6, 6.07) is 0. The summed E-state index contributed by atoms with van der Waals surface area (Å²) in [5.41, 5.74) is 0. The summed E-state index contributed by atoms with van der Waals surface area (Å²) >= 11 is 2.43. The van der Waals surface area contributed by atoms with Crippen LogP contribution in [0.3, 0.4) is 0 Å². The first-order valence-corrected chi connectivity index (χ1v) is 4.25. The van der Waals surface area contributed by atoms with Crippen molar-refractivity contribution in [2.24, 2.45) is 5.92 Å². The minimum absolute atomic E-state index is 0. The summed E-state index contributed by atoms with van der Waals surface area (Å²) in [7, 11) is 0. The Hall–Kier alpha value is 1.12. The molecule has 0 unspecified atom stereocenters. The van der Waals surface area contributed by atoms with Gasteiger partial charge in [-0.15, -0.1) is 27.0 Å². The number of halogens is 1. The summed E-state index contributed by atoms with van der Waals surface area (Å²) < 4.78 is 1.27. The second kappa shape index (κ2) is 4.02. The summed E-state index contributed by atoms with van der Waals surface area (Å²) in [5.74, 6) is 2.72. The van der Waals surface area contributed by atoms with Gasteiger partial charge in [-0.1, -0.05) is 12.8 Å². The molecule has 1 radical (unpaired) electrons. The average molecular weight is 452 g/mol. The molecule has 1 aliphatic carbocycles. The Bertz CT molecular complexity index is 61.5. The van der Waals surface area contributed by atoms with E-state index >= 15 is 0 Å². The molecule has 1 saturated carbocycles. The Kier molecular flexibility index (Phi) is 4.58. The van der Waals surface area contributed by atoms with Crippen LogP contribution in [-0.2, 0) is 0 Å². The second-order valence-electron chi connectivity index (χ2n) is 2.25. The van der Waals surface area contributed by atoms with Crippen molar-refractivity contribution in [3.63, 3.8) is 0 Å². The van der Waals surface area contributed by atoms with Gasteiger partial charge in [0.1, 0.15) is 0 Å². The molecule has 0 aromatic rings. The Morgan fingerprint density at radius 3 is 2.25 bits per heavy atom. The Morgan fingerprint density at radius 1 is 1.62 bits per heavy atom. The molecule has 0 nitrogen and oxygen atoms in total. The Labute approximate surface area is 72.8 Å². The third-order valence-corrected chi connectivity index (χ3v) is 2.69. The third kappa shape index (κ3) is 2.60. The molecular formula is C6H10AmI-. The van der Waals surface area contributed by atoms with Crippen LogP contribution < -0.4 is 0 Å². The quantitative estimate of drug-likeness (QED) is 0.343. The van der Waals surface area contributed by atoms with Crippen LogP contribution in [-0.4, -0.2) is 4.43 Å². The normalized spacial score (nSPS) is 18.4. The molecule has 0 spiro atoms. The van der Waals surface area contributed by atoms with Gasteiger partial charge in [-0.25, -0.2) is 0 Å². The van der Waals surface area contributed by atoms with Crippen LogP contribution in [0.25, 0.3) is 0 Å². The van der Waals surface area contributed by atoms with Crippen molar-refractivity contribution < 1.29 is 14.3 Å². The van der Waals surface area contributed by atoms with E-state index in [4.69, 9.17) is 0 Å². The van der Waals surface area contributed by atoms with Gasteiger partial charge in [0.15, 0.2) is 0 Å². The molecule has 0 aromatic carbocycles. The third-order valence-electron chi connectivity index (χ3n) is 1.49. The maximum Gasteiger partial charge on any atom is 0 e. The number of hydrogen-bond acceptors (Lipinski definition) is 0. The van der Waals surface area contributed by atoms with Gasteiger partial charge in [0.2, 0.25) is 0 Å². The predicted molar refractivity (Wildman–Crippen MR) is 40.5 cm³/mol. The van der Waals surface area contributed by atoms with E-state index in [0.717, 1.165) is 5.92 Å². The van der Waals surface area contributed by atoms with Gasteiger partial charge < -0.3 is 5.92 Å². The van der Waals surface area contributed by atoms with Gasteiger partial charge in [0.25, 0.3) is 0 Å². The van der Waals surface area contributed by atoms with Gasteiger partial charge in [0.05, 0.1) is 0 Å². The Balaban J connectivity index is 0.000000490. The van der Waals surface area contributed by atoms with Crippen LogP contribution >= 0.6 is 22.6 Å². The van der Waals surface area contributed by atoms with Gasteiger partial charge in [-0.05, 0) is 0 Å². The molecule has 0 N–H and O–H groups in total. The molecule has 0 aromatic heterocycles. The van der Waals surface area contributed by atoms with E-state index in [1.54, 1.807) is 5.92 Å². The molecule has 8 heavy (non-hydrogen) atoms. The van der Waals surface area contributed by atoms with Crippen LogP contribution in [0.2, 0.25) is 0 Å². The molecule has 1 aliphatic rings. The van der Waals surface area contributed by atoms with Crippen molar-refractivity contribution in [1.29, 1.82) is 0 Å². The molecule has 1 rings (SSSR count). The molecule has 0 amide bonds. The van der Waals surface area contributed by atoms with E-state index in [0.29, 0.717) is 0 Å². The fourth-order valence-corrected chi connectivity index (χ4v) is 1.31. The van der Waals surface area contributed by atoms with E-state index in [1.165, 1.54) is 17.3 Å². The first kappa shape index (κ1) is 9.12. The number of alkyl halides is 1. The zero-order chi connectivity index (χ0) is 5.28. The van der Waals surface area contributed by atoms with Crippen molar-refractivity contribution in [3.8, 4) is 0 Å². The molecule has 0 atom stereocenters. The zero-order valence-corrected chi connectivity index (χ0v) is 10.3. The first-order valence-electron chi connectivity index (χ1n) is 2.73. The minimum Gasteiger partial charge on any atom is -0.304 e. The van der Waals surface area contributed by atoms with Crippen molar-refractivity contribution in [1.82, 2.24) is 0 Å². The van der Waals surface area contributed by atoms with Crippen molar-refractivity contribution >= 4 is 22.6 Å². The molecule has 49 valence electrons. The topological polar surface area (TPSA) is 0 Å². The zero-order valence-electron chi connectivity index (χ0n) is 4.95. The second-order valence-corrected chi connectivity index (χ2v) is 3.02. The largest absolute Gasteiger partial charge is 0.304 e. The number of rotatable bonds is 2. The maximum atomic E-state index is 2.43. The van der Waals surface area contributed by atoms with Crippen LogP contribution in [0.4, 0.5) is 0 Å². The molecule has 1 fully saturated rings. The van der Waals surface area contributed by atoms with E-state index in [-0.39, 0.29) is 14.3 Å². The molecular weight excluding hydrogens is 442 g/mol. The van der Waals surface area contributed by atoms with Crippen molar-refractivity contribution in [2.75, 3.05) is 4.43 Å². The minimum atomic E-state index is 0. The molecule has 0 heterocycles. The SMILES string of the molecule is C[C-](CI)C1CC1.[Am]. The maximum absolute atomic E-state index is 2.43. The summed E-state index contributed by atoms with van der Waals surface area (Å²) in [6.07, 6.45) is 2.93. The summed E-state index contributed by atoms with van der Waals surface area (Å²) in [6.45, 7) is 2.27. The van der Waals surface area contributed by atoms with E-state index in [1.807, 2.05) is 0 Å². The van der Waals surface area contributed by atoms with Crippen molar-refractivity contribution in [2.45, 2.75) is 19.8 Å².